The number of nitrogens with zero attached hydrogens (tertiary/aromatic N) is 3. The number of aryl methyl sites for hydroxylation is 3. The highest BCUT2D eigenvalue weighted by Gasteiger charge is 2.21. The molecule has 9 heteroatoms. The predicted molar refractivity (Wildman–Crippen MR) is 149 cm³/mol. The minimum atomic E-state index is -0.597. The summed E-state index contributed by atoms with van der Waals surface area (Å²) in [5, 5.41) is 3.56. The summed E-state index contributed by atoms with van der Waals surface area (Å²) >= 11 is 0. The van der Waals surface area contributed by atoms with Gasteiger partial charge in [0, 0.05) is 35.9 Å². The Labute approximate surface area is 223 Å². The van der Waals surface area contributed by atoms with Crippen molar-refractivity contribution in [2.75, 3.05) is 5.32 Å². The molecule has 3 heterocycles. The molecule has 39 heavy (non-hydrogen) atoms. The first-order valence-corrected chi connectivity index (χ1v) is 12.2. The molecule has 0 fully saturated rings. The summed E-state index contributed by atoms with van der Waals surface area (Å²) in [6, 6.07) is 17.7. The van der Waals surface area contributed by atoms with Gasteiger partial charge in [-0.3, -0.25) is 14.4 Å². The standard InChI is InChI=1S/C30H25N5O4/c1-5-22-15-21-16-24(18-10-12-19(13-11-18)25-17(3)39-34(4)30(25)38)35(6-2)27(21)26(32-22)29(37)33-23-9-7-8-20(14-23)28(31)36/h1,7-16H,6H2,2-4H3,(H2,31,36)(H,33,37). The van der Waals surface area contributed by atoms with Crippen LogP contribution in [0.5, 0.6) is 0 Å². The van der Waals surface area contributed by atoms with Crippen LogP contribution in [-0.2, 0) is 13.6 Å². The number of nitrogens with one attached hydrogen (secondary N) is 1. The number of carbonyl (C=O) groups excluding carboxylic acids is 2. The second-order valence-electron chi connectivity index (χ2n) is 9.01. The maximum Gasteiger partial charge on any atom is 0.290 e. The zero-order valence-corrected chi connectivity index (χ0v) is 21.6. The minimum Gasteiger partial charge on any atom is -0.381 e. The fourth-order valence-electron chi connectivity index (χ4n) is 4.77. The van der Waals surface area contributed by atoms with Crippen LogP contribution < -0.4 is 16.6 Å². The maximum absolute atomic E-state index is 13.4. The second-order valence-corrected chi connectivity index (χ2v) is 9.01. The van der Waals surface area contributed by atoms with E-state index in [0.717, 1.165) is 22.2 Å². The van der Waals surface area contributed by atoms with Crippen LogP contribution in [0.15, 0.2) is 70.0 Å². The van der Waals surface area contributed by atoms with Crippen LogP contribution in [0.4, 0.5) is 5.69 Å². The Hall–Kier alpha value is -5.36. The molecule has 0 saturated heterocycles. The third-order valence-electron chi connectivity index (χ3n) is 6.55. The van der Waals surface area contributed by atoms with Gasteiger partial charge in [0.15, 0.2) is 5.69 Å². The Morgan fingerprint density at radius 1 is 1.10 bits per heavy atom. The molecule has 2 amide bonds. The number of benzene rings is 2. The van der Waals surface area contributed by atoms with Crippen LogP contribution in [0.2, 0.25) is 0 Å². The van der Waals surface area contributed by atoms with Crippen molar-refractivity contribution >= 4 is 28.4 Å². The monoisotopic (exact) mass is 519 g/mol. The predicted octanol–water partition coefficient (Wildman–Crippen LogP) is 4.32. The molecule has 5 rings (SSSR count). The third-order valence-corrected chi connectivity index (χ3v) is 6.55. The van der Waals surface area contributed by atoms with Crippen molar-refractivity contribution < 1.29 is 14.1 Å². The molecule has 0 atom stereocenters. The number of anilines is 1. The van der Waals surface area contributed by atoms with E-state index in [4.69, 9.17) is 16.7 Å². The third kappa shape index (κ3) is 4.49. The van der Waals surface area contributed by atoms with E-state index in [9.17, 15) is 14.4 Å². The fourth-order valence-corrected chi connectivity index (χ4v) is 4.77. The average molecular weight is 520 g/mol. The number of aromatic nitrogens is 3. The van der Waals surface area contributed by atoms with Crippen LogP contribution >= 0.6 is 0 Å². The lowest BCUT2D eigenvalue weighted by Crippen LogP contribution is -2.17. The summed E-state index contributed by atoms with van der Waals surface area (Å²) < 4.78 is 8.63. The van der Waals surface area contributed by atoms with E-state index in [1.807, 2.05) is 41.8 Å². The van der Waals surface area contributed by atoms with Crippen molar-refractivity contribution in [3.63, 3.8) is 0 Å². The Morgan fingerprint density at radius 3 is 2.44 bits per heavy atom. The van der Waals surface area contributed by atoms with E-state index >= 15 is 0 Å². The first-order valence-electron chi connectivity index (χ1n) is 12.2. The molecule has 0 unspecified atom stereocenters. The van der Waals surface area contributed by atoms with E-state index < -0.39 is 11.8 Å². The van der Waals surface area contributed by atoms with Crippen molar-refractivity contribution in [1.29, 1.82) is 0 Å². The van der Waals surface area contributed by atoms with E-state index in [1.54, 1.807) is 38.2 Å². The second kappa shape index (κ2) is 9.84. The molecule has 0 radical (unpaired) electrons. The number of terminal acetylenes is 1. The number of primary amides is 1. The topological polar surface area (TPSA) is 125 Å². The number of carbonyl (C=O) groups is 2. The summed E-state index contributed by atoms with van der Waals surface area (Å²) in [5.41, 5.74) is 9.97. The largest absolute Gasteiger partial charge is 0.381 e. The highest BCUT2D eigenvalue weighted by atomic mass is 16.5. The van der Waals surface area contributed by atoms with Gasteiger partial charge in [-0.25, -0.2) is 4.98 Å². The molecule has 0 bridgehead atoms. The SMILES string of the molecule is C#Cc1cc2cc(-c3ccc(-c4c(C)on(C)c4=O)cc3)n(CC)c2c(C(=O)Nc2cccc(C(N)=O)c2)n1. The van der Waals surface area contributed by atoms with Crippen molar-refractivity contribution in [3.8, 4) is 34.7 Å². The van der Waals surface area contributed by atoms with Crippen molar-refractivity contribution in [3.05, 3.63) is 93.7 Å². The van der Waals surface area contributed by atoms with Crippen molar-refractivity contribution in [1.82, 2.24) is 14.3 Å². The molecule has 194 valence electrons. The maximum atomic E-state index is 13.4. The summed E-state index contributed by atoms with van der Waals surface area (Å²) in [6.45, 7) is 4.28. The van der Waals surface area contributed by atoms with Gasteiger partial charge in [0.25, 0.3) is 11.5 Å². The smallest absolute Gasteiger partial charge is 0.290 e. The number of amides is 2. The van der Waals surface area contributed by atoms with E-state index in [-0.39, 0.29) is 16.8 Å². The zero-order valence-electron chi connectivity index (χ0n) is 21.6. The number of rotatable bonds is 6. The summed E-state index contributed by atoms with van der Waals surface area (Å²) in [7, 11) is 1.58. The number of nitrogens with two attached hydrogens (primary N) is 1. The van der Waals surface area contributed by atoms with Crippen LogP contribution in [0.1, 0.15) is 39.2 Å². The lowest BCUT2D eigenvalue weighted by molar-refractivity contribution is 0.0995. The first-order chi connectivity index (χ1) is 18.7. The molecule has 0 saturated carbocycles. The highest BCUT2D eigenvalue weighted by Crippen LogP contribution is 2.32. The molecule has 2 aromatic carbocycles. The number of fused-ring (bicyclic) bond motifs is 1. The van der Waals surface area contributed by atoms with Gasteiger partial charge < -0.3 is 20.1 Å². The Balaban J connectivity index is 1.60. The Bertz CT molecular complexity index is 1870. The fraction of sp³-hybridized carbons (Fsp3) is 0.133. The van der Waals surface area contributed by atoms with Crippen LogP contribution in [0.3, 0.4) is 0 Å². The van der Waals surface area contributed by atoms with E-state index in [0.29, 0.717) is 34.8 Å². The molecule has 3 aromatic heterocycles. The molecular formula is C30H25N5O4. The zero-order chi connectivity index (χ0) is 27.8. The number of pyridine rings is 1. The van der Waals surface area contributed by atoms with Gasteiger partial charge in [0.05, 0.1) is 11.1 Å². The average Bonchev–Trinajstić information content (AvgIpc) is 3.43. The number of hydrogen-bond acceptors (Lipinski definition) is 5. The van der Waals surface area contributed by atoms with Gasteiger partial charge in [-0.1, -0.05) is 36.3 Å². The van der Waals surface area contributed by atoms with Gasteiger partial charge in [-0.15, -0.1) is 6.42 Å². The molecule has 3 N–H and O–H groups in total. The highest BCUT2D eigenvalue weighted by molar-refractivity contribution is 6.12. The minimum absolute atomic E-state index is 0.159. The van der Waals surface area contributed by atoms with Gasteiger partial charge in [0.2, 0.25) is 5.91 Å². The van der Waals surface area contributed by atoms with Gasteiger partial charge in [-0.05, 0) is 55.3 Å². The van der Waals surface area contributed by atoms with Gasteiger partial charge in [-0.2, -0.15) is 4.74 Å². The number of hydrogen-bond donors (Lipinski definition) is 2. The molecule has 0 aliphatic carbocycles. The first kappa shape index (κ1) is 25.3. The van der Waals surface area contributed by atoms with Crippen molar-refractivity contribution in [2.45, 2.75) is 20.4 Å². The lowest BCUT2D eigenvalue weighted by atomic mass is 10.0. The van der Waals surface area contributed by atoms with E-state index in [2.05, 4.69) is 16.2 Å². The molecule has 0 aliphatic rings. The van der Waals surface area contributed by atoms with Crippen LogP contribution in [0.25, 0.3) is 33.3 Å². The molecule has 0 spiro atoms. The van der Waals surface area contributed by atoms with Crippen molar-refractivity contribution in [2.24, 2.45) is 12.8 Å². The quantitative estimate of drug-likeness (QED) is 0.323. The lowest BCUT2D eigenvalue weighted by Gasteiger charge is -2.12. The van der Waals surface area contributed by atoms with Gasteiger partial charge in [0.1, 0.15) is 11.5 Å². The van der Waals surface area contributed by atoms with Crippen LogP contribution in [-0.4, -0.2) is 26.1 Å². The Kier molecular flexibility index (Phi) is 6.38. The summed E-state index contributed by atoms with van der Waals surface area (Å²) in [4.78, 5) is 42.0. The Morgan fingerprint density at radius 2 is 1.82 bits per heavy atom. The van der Waals surface area contributed by atoms with Crippen LogP contribution in [0, 0.1) is 19.3 Å². The summed E-state index contributed by atoms with van der Waals surface area (Å²) in [5.74, 6) is 2.00. The summed E-state index contributed by atoms with van der Waals surface area (Å²) in [6.07, 6.45) is 5.66. The molecular weight excluding hydrogens is 494 g/mol. The normalized spacial score (nSPS) is 10.9. The molecule has 5 aromatic rings. The van der Waals surface area contributed by atoms with Gasteiger partial charge >= 0.3 is 0 Å². The molecule has 9 nitrogen and oxygen atoms in total. The molecule has 0 aliphatic heterocycles. The van der Waals surface area contributed by atoms with E-state index in [1.165, 1.54) is 10.8 Å².